The van der Waals surface area contributed by atoms with Gasteiger partial charge >= 0.3 is 5.97 Å². The van der Waals surface area contributed by atoms with Gasteiger partial charge in [-0.25, -0.2) is 13.8 Å². The number of halogens is 2. The van der Waals surface area contributed by atoms with Gasteiger partial charge in [-0.3, -0.25) is 9.59 Å². The number of nitrogens with zero attached hydrogens (tertiary/aromatic N) is 1. The average Bonchev–Trinajstić information content (AvgIpc) is 2.86. The van der Waals surface area contributed by atoms with Crippen LogP contribution in [0.15, 0.2) is 72.8 Å². The van der Waals surface area contributed by atoms with Crippen molar-refractivity contribution in [3.63, 3.8) is 0 Å². The molecular weight excluding hydrogens is 462 g/mol. The van der Waals surface area contributed by atoms with Gasteiger partial charge in [-0.15, -0.1) is 0 Å². The third-order valence-corrected chi connectivity index (χ3v) is 6.08. The molecule has 184 valence electrons. The van der Waals surface area contributed by atoms with Crippen LogP contribution in [0.4, 0.5) is 8.78 Å². The highest BCUT2D eigenvalue weighted by Gasteiger charge is 2.15. The van der Waals surface area contributed by atoms with Crippen molar-refractivity contribution >= 4 is 22.8 Å². The van der Waals surface area contributed by atoms with Gasteiger partial charge in [0.25, 0.3) is 5.91 Å². The molecule has 7 heteroatoms. The molecule has 0 saturated carbocycles. The standard InChI is InChI=1S/C29H26F2N2O3/c1-18(19-6-11-24(30)12-7-19)32-29(36)22-10-15-26-23(17-22)16-21(4-2-3-5-27(34)35)28(33-26)20-8-13-25(31)14-9-20/h6-18H,2-5H2,1H3,(H,32,36)(H,34,35). The molecule has 0 aliphatic carbocycles. The van der Waals surface area contributed by atoms with Crippen molar-refractivity contribution in [2.24, 2.45) is 0 Å². The summed E-state index contributed by atoms with van der Waals surface area (Å²) < 4.78 is 26.7. The summed E-state index contributed by atoms with van der Waals surface area (Å²) in [7, 11) is 0. The molecule has 0 bridgehead atoms. The van der Waals surface area contributed by atoms with Gasteiger partial charge in [-0.1, -0.05) is 12.1 Å². The Bertz CT molecular complexity index is 1390. The van der Waals surface area contributed by atoms with Gasteiger partial charge in [0.15, 0.2) is 0 Å². The second kappa shape index (κ2) is 11.1. The summed E-state index contributed by atoms with van der Waals surface area (Å²) in [6, 6.07) is 19.0. The van der Waals surface area contributed by atoms with Crippen LogP contribution in [0.25, 0.3) is 22.2 Å². The first kappa shape index (κ1) is 25.0. The number of carboxylic acid groups (broad SMARTS) is 1. The minimum atomic E-state index is -0.837. The fraction of sp³-hybridized carbons (Fsp3) is 0.207. The van der Waals surface area contributed by atoms with Crippen LogP contribution < -0.4 is 5.32 Å². The second-order valence-electron chi connectivity index (χ2n) is 8.76. The lowest BCUT2D eigenvalue weighted by Gasteiger charge is -2.15. The number of fused-ring (bicyclic) bond motifs is 1. The van der Waals surface area contributed by atoms with E-state index in [9.17, 15) is 18.4 Å². The summed E-state index contributed by atoms with van der Waals surface area (Å²) in [4.78, 5) is 28.6. The molecule has 0 aliphatic rings. The normalized spacial score (nSPS) is 11.9. The Morgan fingerprint density at radius 1 is 0.917 bits per heavy atom. The Hall–Kier alpha value is -4.13. The molecule has 1 unspecified atom stereocenters. The van der Waals surface area contributed by atoms with Crippen LogP contribution in [0.5, 0.6) is 0 Å². The molecule has 1 amide bonds. The molecule has 5 nitrogen and oxygen atoms in total. The minimum absolute atomic E-state index is 0.0868. The second-order valence-corrected chi connectivity index (χ2v) is 8.76. The Kier molecular flexibility index (Phi) is 7.68. The summed E-state index contributed by atoms with van der Waals surface area (Å²) in [6.45, 7) is 1.83. The van der Waals surface area contributed by atoms with E-state index in [1.807, 2.05) is 13.0 Å². The lowest BCUT2D eigenvalue weighted by atomic mass is 9.98. The Balaban J connectivity index is 1.62. The number of carbonyl (C=O) groups is 2. The van der Waals surface area contributed by atoms with Crippen LogP contribution in [0.2, 0.25) is 0 Å². The molecule has 1 aromatic heterocycles. The maximum absolute atomic E-state index is 13.5. The average molecular weight is 489 g/mol. The summed E-state index contributed by atoms with van der Waals surface area (Å²) in [5, 5.41) is 12.6. The van der Waals surface area contributed by atoms with Crippen LogP contribution in [0.3, 0.4) is 0 Å². The first-order valence-corrected chi connectivity index (χ1v) is 11.8. The predicted molar refractivity (Wildman–Crippen MR) is 135 cm³/mol. The summed E-state index contributed by atoms with van der Waals surface area (Å²) in [6.07, 6.45) is 1.87. The molecule has 2 N–H and O–H groups in total. The molecule has 4 rings (SSSR count). The molecule has 3 aromatic carbocycles. The number of aromatic nitrogens is 1. The third-order valence-electron chi connectivity index (χ3n) is 6.08. The highest BCUT2D eigenvalue weighted by molar-refractivity contribution is 5.98. The minimum Gasteiger partial charge on any atom is -0.481 e. The van der Waals surface area contributed by atoms with Crippen LogP contribution in [-0.2, 0) is 11.2 Å². The molecule has 0 spiro atoms. The van der Waals surface area contributed by atoms with E-state index in [4.69, 9.17) is 10.1 Å². The Labute approximate surface area is 207 Å². The Morgan fingerprint density at radius 3 is 2.25 bits per heavy atom. The fourth-order valence-electron chi connectivity index (χ4n) is 4.12. The van der Waals surface area contributed by atoms with Crippen LogP contribution in [0.1, 0.15) is 53.7 Å². The monoisotopic (exact) mass is 488 g/mol. The molecule has 1 atom stereocenters. The van der Waals surface area contributed by atoms with Gasteiger partial charge < -0.3 is 10.4 Å². The number of carboxylic acids is 1. The summed E-state index contributed by atoms with van der Waals surface area (Å²) >= 11 is 0. The number of hydrogen-bond acceptors (Lipinski definition) is 3. The Morgan fingerprint density at radius 2 is 1.58 bits per heavy atom. The number of benzene rings is 3. The first-order valence-electron chi connectivity index (χ1n) is 11.8. The van der Waals surface area contributed by atoms with Crippen LogP contribution in [-0.4, -0.2) is 22.0 Å². The predicted octanol–water partition coefficient (Wildman–Crippen LogP) is 6.47. The molecular formula is C29H26F2N2O3. The SMILES string of the molecule is CC(NC(=O)c1ccc2nc(-c3ccc(F)cc3)c(CCCCC(=O)O)cc2c1)c1ccc(F)cc1. The highest BCUT2D eigenvalue weighted by atomic mass is 19.1. The maximum Gasteiger partial charge on any atom is 0.303 e. The molecule has 0 radical (unpaired) electrons. The summed E-state index contributed by atoms with van der Waals surface area (Å²) in [5.74, 6) is -1.78. The number of amides is 1. The molecule has 1 heterocycles. The van der Waals surface area contributed by atoms with Crippen LogP contribution >= 0.6 is 0 Å². The largest absolute Gasteiger partial charge is 0.481 e. The van der Waals surface area contributed by atoms with E-state index >= 15 is 0 Å². The van der Waals surface area contributed by atoms with E-state index < -0.39 is 5.97 Å². The zero-order valence-corrected chi connectivity index (χ0v) is 19.8. The van der Waals surface area contributed by atoms with Gasteiger partial charge in [-0.05, 0) is 98.0 Å². The number of unbranched alkanes of at least 4 members (excludes halogenated alkanes) is 1. The van der Waals surface area contributed by atoms with E-state index in [0.717, 1.165) is 22.1 Å². The van der Waals surface area contributed by atoms with E-state index in [0.29, 0.717) is 36.0 Å². The highest BCUT2D eigenvalue weighted by Crippen LogP contribution is 2.28. The van der Waals surface area contributed by atoms with Crippen molar-refractivity contribution in [1.82, 2.24) is 10.3 Å². The molecule has 0 fully saturated rings. The number of aliphatic carboxylic acids is 1. The topological polar surface area (TPSA) is 79.3 Å². The number of carbonyl (C=O) groups excluding carboxylic acids is 1. The quantitative estimate of drug-likeness (QED) is 0.265. The first-order chi connectivity index (χ1) is 17.3. The number of rotatable bonds is 9. The van der Waals surface area contributed by atoms with E-state index in [-0.39, 0.29) is 30.0 Å². The van der Waals surface area contributed by atoms with Crippen LogP contribution in [0, 0.1) is 11.6 Å². The number of aryl methyl sites for hydroxylation is 1. The number of hydrogen-bond donors (Lipinski definition) is 2. The van der Waals surface area contributed by atoms with E-state index in [2.05, 4.69) is 5.32 Å². The molecule has 36 heavy (non-hydrogen) atoms. The van der Waals surface area contributed by atoms with Crippen molar-refractivity contribution in [3.05, 3.63) is 101 Å². The molecule has 4 aromatic rings. The number of nitrogens with one attached hydrogen (secondary N) is 1. The zero-order chi connectivity index (χ0) is 25.7. The van der Waals surface area contributed by atoms with Gasteiger partial charge in [-0.2, -0.15) is 0 Å². The van der Waals surface area contributed by atoms with Crippen molar-refractivity contribution in [2.45, 2.75) is 38.6 Å². The van der Waals surface area contributed by atoms with E-state index in [1.54, 1.807) is 42.5 Å². The fourth-order valence-corrected chi connectivity index (χ4v) is 4.12. The third kappa shape index (κ3) is 6.10. The van der Waals surface area contributed by atoms with Crippen molar-refractivity contribution < 1.29 is 23.5 Å². The summed E-state index contributed by atoms with van der Waals surface area (Å²) in [5.41, 5.74) is 4.31. The lowest BCUT2D eigenvalue weighted by molar-refractivity contribution is -0.137. The van der Waals surface area contributed by atoms with E-state index in [1.165, 1.54) is 24.3 Å². The van der Waals surface area contributed by atoms with Gasteiger partial charge in [0.1, 0.15) is 11.6 Å². The van der Waals surface area contributed by atoms with Crippen molar-refractivity contribution in [2.75, 3.05) is 0 Å². The zero-order valence-electron chi connectivity index (χ0n) is 19.8. The van der Waals surface area contributed by atoms with Crippen molar-refractivity contribution in [3.8, 4) is 11.3 Å². The maximum atomic E-state index is 13.5. The smallest absolute Gasteiger partial charge is 0.303 e. The van der Waals surface area contributed by atoms with Gasteiger partial charge in [0.2, 0.25) is 0 Å². The number of pyridine rings is 1. The lowest BCUT2D eigenvalue weighted by Crippen LogP contribution is -2.26. The van der Waals surface area contributed by atoms with Gasteiger partial charge in [0.05, 0.1) is 17.3 Å². The molecule has 0 aliphatic heterocycles. The van der Waals surface area contributed by atoms with Gasteiger partial charge in [0, 0.05) is 22.9 Å². The van der Waals surface area contributed by atoms with Crippen molar-refractivity contribution in [1.29, 1.82) is 0 Å². The molecule has 0 saturated heterocycles.